The van der Waals surface area contributed by atoms with Gasteiger partial charge in [-0.25, -0.2) is 18.2 Å². The fourth-order valence-corrected chi connectivity index (χ4v) is 3.57. The molecule has 3 rings (SSSR count). The number of primary sulfonamides is 1. The third kappa shape index (κ3) is 5.25. The molecule has 9 heteroatoms. The molecule has 8 nitrogen and oxygen atoms in total. The third-order valence-corrected chi connectivity index (χ3v) is 5.84. The molecule has 0 unspecified atom stereocenters. The molecule has 3 N–H and O–H groups in total. The first-order valence-corrected chi connectivity index (χ1v) is 11.2. The first-order valence-electron chi connectivity index (χ1n) is 9.65. The van der Waals surface area contributed by atoms with Gasteiger partial charge in [-0.1, -0.05) is 42.5 Å². The van der Waals surface area contributed by atoms with Crippen molar-refractivity contribution < 1.29 is 13.2 Å². The number of nitrogens with zero attached hydrogens (tertiary/aromatic N) is 2. The number of benzene rings is 2. The van der Waals surface area contributed by atoms with Gasteiger partial charge in [0, 0.05) is 18.2 Å². The van der Waals surface area contributed by atoms with E-state index in [-0.39, 0.29) is 16.4 Å². The van der Waals surface area contributed by atoms with Gasteiger partial charge in [0.05, 0.1) is 10.6 Å². The van der Waals surface area contributed by atoms with Gasteiger partial charge < -0.3 is 5.32 Å². The lowest BCUT2D eigenvalue weighted by Gasteiger charge is -2.25. The maximum Gasteiger partial charge on any atom is 0.267 e. The zero-order chi connectivity index (χ0) is 22.6. The Labute approximate surface area is 180 Å². The van der Waals surface area contributed by atoms with Crippen molar-refractivity contribution in [2.75, 3.05) is 6.54 Å². The number of hydrogen-bond acceptors (Lipinski definition) is 5. The Balaban J connectivity index is 1.71. The quantitative estimate of drug-likeness (QED) is 0.578. The first kappa shape index (κ1) is 22.4. The van der Waals surface area contributed by atoms with E-state index in [1.807, 2.05) is 30.3 Å². The van der Waals surface area contributed by atoms with Crippen LogP contribution in [0.15, 0.2) is 76.4 Å². The van der Waals surface area contributed by atoms with Gasteiger partial charge in [-0.05, 0) is 44.0 Å². The number of carbonyl (C=O) groups is 1. The third-order valence-electron chi connectivity index (χ3n) is 4.91. The summed E-state index contributed by atoms with van der Waals surface area (Å²) >= 11 is 0. The van der Waals surface area contributed by atoms with E-state index >= 15 is 0 Å². The Morgan fingerprint density at radius 3 is 2.29 bits per heavy atom. The number of carbonyl (C=O) groups excluding carboxylic acids is 1. The highest BCUT2D eigenvalue weighted by molar-refractivity contribution is 7.89. The highest BCUT2D eigenvalue weighted by Crippen LogP contribution is 2.18. The Hall–Kier alpha value is -3.30. The summed E-state index contributed by atoms with van der Waals surface area (Å²) in [4.78, 5) is 25.3. The summed E-state index contributed by atoms with van der Waals surface area (Å²) in [5.41, 5.74) is 0.691. The van der Waals surface area contributed by atoms with E-state index in [1.165, 1.54) is 22.9 Å². The van der Waals surface area contributed by atoms with Crippen molar-refractivity contribution in [3.8, 4) is 11.3 Å². The van der Waals surface area contributed by atoms with Crippen molar-refractivity contribution in [1.29, 1.82) is 0 Å². The molecule has 0 radical (unpaired) electrons. The van der Waals surface area contributed by atoms with Gasteiger partial charge in [-0.15, -0.1) is 0 Å². The smallest absolute Gasteiger partial charge is 0.267 e. The van der Waals surface area contributed by atoms with Crippen LogP contribution < -0.4 is 16.0 Å². The topological polar surface area (TPSA) is 124 Å². The second kappa shape index (κ2) is 8.83. The predicted octanol–water partition coefficient (Wildman–Crippen LogP) is 1.65. The fourth-order valence-electron chi connectivity index (χ4n) is 3.05. The van der Waals surface area contributed by atoms with Crippen molar-refractivity contribution in [2.24, 2.45) is 5.14 Å². The summed E-state index contributed by atoms with van der Waals surface area (Å²) in [7, 11) is -3.74. The Bertz CT molecular complexity index is 1230. The molecular weight excluding hydrogens is 416 g/mol. The summed E-state index contributed by atoms with van der Waals surface area (Å²) in [5, 5.41) is 12.3. The van der Waals surface area contributed by atoms with E-state index < -0.39 is 15.6 Å². The molecule has 1 heterocycles. The van der Waals surface area contributed by atoms with Crippen LogP contribution >= 0.6 is 0 Å². The molecule has 2 aromatic carbocycles. The minimum absolute atomic E-state index is 0.0326. The van der Waals surface area contributed by atoms with E-state index in [0.717, 1.165) is 11.1 Å². The van der Waals surface area contributed by atoms with Gasteiger partial charge in [-0.2, -0.15) is 5.10 Å². The van der Waals surface area contributed by atoms with E-state index in [1.54, 1.807) is 32.0 Å². The van der Waals surface area contributed by atoms with Gasteiger partial charge in [0.25, 0.3) is 5.56 Å². The molecule has 0 aliphatic carbocycles. The number of aromatic nitrogens is 2. The number of hydrogen-bond donors (Lipinski definition) is 2. The molecule has 3 aromatic rings. The average Bonchev–Trinajstić information content (AvgIpc) is 2.74. The molecule has 31 heavy (non-hydrogen) atoms. The minimum atomic E-state index is -3.74. The molecule has 0 spiro atoms. The Kier molecular flexibility index (Phi) is 6.37. The summed E-state index contributed by atoms with van der Waals surface area (Å²) in [5.74, 6) is -0.353. The lowest BCUT2D eigenvalue weighted by Crippen LogP contribution is -2.50. The first-order chi connectivity index (χ1) is 14.6. The minimum Gasteiger partial charge on any atom is -0.354 e. The van der Waals surface area contributed by atoms with Crippen LogP contribution in [0.4, 0.5) is 0 Å². The van der Waals surface area contributed by atoms with Crippen LogP contribution in [0.2, 0.25) is 0 Å². The van der Waals surface area contributed by atoms with Gasteiger partial charge in [-0.3, -0.25) is 9.59 Å². The second-order valence-corrected chi connectivity index (χ2v) is 9.15. The Morgan fingerprint density at radius 1 is 1.03 bits per heavy atom. The molecule has 0 fully saturated rings. The Morgan fingerprint density at radius 2 is 1.68 bits per heavy atom. The highest BCUT2D eigenvalue weighted by Gasteiger charge is 2.32. The number of nitrogens with one attached hydrogen (secondary N) is 1. The predicted molar refractivity (Wildman–Crippen MR) is 118 cm³/mol. The lowest BCUT2D eigenvalue weighted by atomic mass is 10.0. The van der Waals surface area contributed by atoms with Crippen LogP contribution in [0.5, 0.6) is 0 Å². The normalized spacial score (nSPS) is 11.8. The van der Waals surface area contributed by atoms with E-state index in [0.29, 0.717) is 18.7 Å². The maximum atomic E-state index is 12.8. The van der Waals surface area contributed by atoms with E-state index in [9.17, 15) is 18.0 Å². The van der Waals surface area contributed by atoms with Crippen molar-refractivity contribution >= 4 is 15.9 Å². The van der Waals surface area contributed by atoms with Crippen LogP contribution in [0.3, 0.4) is 0 Å². The number of amides is 1. The largest absolute Gasteiger partial charge is 0.354 e. The standard InChI is InChI=1S/C22H24N4O4S/c1-22(2,26-20(27)13-12-19(25-26)17-6-4-3-5-7-17)21(28)24-15-14-16-8-10-18(11-9-16)31(23,29)30/h3-13H,14-15H2,1-2H3,(H,24,28)(H2,23,29,30). The molecule has 1 aromatic heterocycles. The number of rotatable bonds is 7. The molecule has 0 aliphatic rings. The molecule has 0 saturated heterocycles. The van der Waals surface area contributed by atoms with Crippen LogP contribution in [0.1, 0.15) is 19.4 Å². The van der Waals surface area contributed by atoms with Crippen molar-refractivity contribution in [3.05, 3.63) is 82.6 Å². The van der Waals surface area contributed by atoms with Crippen molar-refractivity contribution in [2.45, 2.75) is 30.7 Å². The van der Waals surface area contributed by atoms with Crippen LogP contribution in [0.25, 0.3) is 11.3 Å². The molecule has 162 valence electrons. The SMILES string of the molecule is CC(C)(C(=O)NCCc1ccc(S(N)(=O)=O)cc1)n1nc(-c2ccccc2)ccc1=O. The fraction of sp³-hybridized carbons (Fsp3) is 0.227. The highest BCUT2D eigenvalue weighted by atomic mass is 32.2. The molecule has 0 saturated carbocycles. The van der Waals surface area contributed by atoms with E-state index in [2.05, 4.69) is 10.4 Å². The van der Waals surface area contributed by atoms with E-state index in [4.69, 9.17) is 5.14 Å². The zero-order valence-corrected chi connectivity index (χ0v) is 18.1. The van der Waals surface area contributed by atoms with Crippen LogP contribution in [-0.2, 0) is 26.8 Å². The number of sulfonamides is 1. The molecule has 0 atom stereocenters. The summed E-state index contributed by atoms with van der Waals surface area (Å²) in [6.07, 6.45) is 0.485. The van der Waals surface area contributed by atoms with Gasteiger partial charge in [0.1, 0.15) is 5.54 Å². The maximum absolute atomic E-state index is 12.8. The van der Waals surface area contributed by atoms with Crippen LogP contribution in [-0.4, -0.2) is 30.7 Å². The zero-order valence-electron chi connectivity index (χ0n) is 17.3. The van der Waals surface area contributed by atoms with Gasteiger partial charge >= 0.3 is 0 Å². The van der Waals surface area contributed by atoms with Gasteiger partial charge in [0.2, 0.25) is 15.9 Å². The molecule has 1 amide bonds. The van der Waals surface area contributed by atoms with Crippen molar-refractivity contribution in [1.82, 2.24) is 15.1 Å². The average molecular weight is 441 g/mol. The summed E-state index contributed by atoms with van der Waals surface area (Å²) in [6, 6.07) is 18.6. The number of nitrogens with two attached hydrogens (primary N) is 1. The summed E-state index contributed by atoms with van der Waals surface area (Å²) in [6.45, 7) is 3.57. The monoisotopic (exact) mass is 440 g/mol. The van der Waals surface area contributed by atoms with Crippen molar-refractivity contribution in [3.63, 3.8) is 0 Å². The second-order valence-electron chi connectivity index (χ2n) is 7.59. The molecule has 0 aliphatic heterocycles. The lowest BCUT2D eigenvalue weighted by molar-refractivity contribution is -0.128. The van der Waals surface area contributed by atoms with Gasteiger partial charge in [0.15, 0.2) is 0 Å². The molecular formula is C22H24N4O4S. The summed E-state index contributed by atoms with van der Waals surface area (Å²) < 4.78 is 23.8. The van der Waals surface area contributed by atoms with Crippen LogP contribution in [0, 0.1) is 0 Å². The molecule has 0 bridgehead atoms.